The van der Waals surface area contributed by atoms with Gasteiger partial charge in [0.05, 0.1) is 19.3 Å². The SMILES string of the molecule is CC(=O)N1CC(N(CCN2CCOCC2)C(=O)CC(C)(C)C)CC1C(=O)NCCN. The number of ether oxygens (including phenoxy) is 1. The highest BCUT2D eigenvalue weighted by atomic mass is 16.5. The minimum atomic E-state index is -0.563. The maximum Gasteiger partial charge on any atom is 0.242 e. The van der Waals surface area contributed by atoms with Gasteiger partial charge in [-0.2, -0.15) is 0 Å². The summed E-state index contributed by atoms with van der Waals surface area (Å²) in [6.45, 7) is 13.2. The molecule has 2 aliphatic rings. The Kier molecular flexibility index (Phi) is 9.06. The second-order valence-electron chi connectivity index (χ2n) is 9.43. The van der Waals surface area contributed by atoms with E-state index in [1.54, 1.807) is 4.90 Å². The van der Waals surface area contributed by atoms with E-state index < -0.39 is 6.04 Å². The molecule has 2 aliphatic heterocycles. The Hall–Kier alpha value is -1.71. The molecule has 9 heteroatoms. The minimum Gasteiger partial charge on any atom is -0.379 e. The van der Waals surface area contributed by atoms with Crippen LogP contribution in [0.4, 0.5) is 0 Å². The summed E-state index contributed by atoms with van der Waals surface area (Å²) in [6.07, 6.45) is 0.881. The van der Waals surface area contributed by atoms with Crippen molar-refractivity contribution in [3.63, 3.8) is 0 Å². The third kappa shape index (κ3) is 7.21. The smallest absolute Gasteiger partial charge is 0.242 e. The molecule has 0 aromatic rings. The van der Waals surface area contributed by atoms with Gasteiger partial charge in [-0.05, 0) is 11.8 Å². The Morgan fingerprint density at radius 3 is 2.43 bits per heavy atom. The highest BCUT2D eigenvalue weighted by Crippen LogP contribution is 2.26. The van der Waals surface area contributed by atoms with Crippen molar-refractivity contribution < 1.29 is 19.1 Å². The first-order valence-corrected chi connectivity index (χ1v) is 11.0. The van der Waals surface area contributed by atoms with Gasteiger partial charge < -0.3 is 25.6 Å². The monoisotopic (exact) mass is 425 g/mol. The fourth-order valence-corrected chi connectivity index (χ4v) is 4.09. The van der Waals surface area contributed by atoms with Crippen LogP contribution in [0, 0.1) is 5.41 Å². The molecule has 30 heavy (non-hydrogen) atoms. The third-order valence-corrected chi connectivity index (χ3v) is 5.63. The Labute approximate surface area is 180 Å². The van der Waals surface area contributed by atoms with Crippen LogP contribution < -0.4 is 11.1 Å². The van der Waals surface area contributed by atoms with E-state index in [0.29, 0.717) is 52.2 Å². The summed E-state index contributed by atoms with van der Waals surface area (Å²) in [4.78, 5) is 43.8. The maximum atomic E-state index is 13.2. The van der Waals surface area contributed by atoms with Gasteiger partial charge in [-0.15, -0.1) is 0 Å². The third-order valence-electron chi connectivity index (χ3n) is 5.63. The number of rotatable bonds is 8. The molecular formula is C21H39N5O4. The van der Waals surface area contributed by atoms with Gasteiger partial charge in [-0.3, -0.25) is 19.3 Å². The average Bonchev–Trinajstić information content (AvgIpc) is 3.11. The number of carbonyl (C=O) groups excluding carboxylic acids is 3. The van der Waals surface area contributed by atoms with E-state index in [0.717, 1.165) is 19.6 Å². The number of hydrogen-bond acceptors (Lipinski definition) is 6. The summed E-state index contributed by atoms with van der Waals surface area (Å²) in [5.41, 5.74) is 5.36. The molecule has 0 spiro atoms. The van der Waals surface area contributed by atoms with Gasteiger partial charge in [0.1, 0.15) is 6.04 Å². The first-order valence-electron chi connectivity index (χ1n) is 11.0. The van der Waals surface area contributed by atoms with Crippen molar-refractivity contribution >= 4 is 17.7 Å². The van der Waals surface area contributed by atoms with Gasteiger partial charge in [0.2, 0.25) is 17.7 Å². The van der Waals surface area contributed by atoms with Gasteiger partial charge in [-0.25, -0.2) is 0 Å². The molecule has 2 saturated heterocycles. The fraction of sp³-hybridized carbons (Fsp3) is 0.857. The van der Waals surface area contributed by atoms with E-state index in [4.69, 9.17) is 10.5 Å². The number of hydrogen-bond donors (Lipinski definition) is 2. The van der Waals surface area contributed by atoms with Crippen molar-refractivity contribution in [3.05, 3.63) is 0 Å². The highest BCUT2D eigenvalue weighted by molar-refractivity contribution is 5.88. The van der Waals surface area contributed by atoms with E-state index in [1.807, 2.05) is 25.7 Å². The maximum absolute atomic E-state index is 13.2. The van der Waals surface area contributed by atoms with Crippen LogP contribution in [0.1, 0.15) is 40.5 Å². The summed E-state index contributed by atoms with van der Waals surface area (Å²) >= 11 is 0. The molecule has 172 valence electrons. The minimum absolute atomic E-state index is 0.0762. The predicted octanol–water partition coefficient (Wildman–Crippen LogP) is -0.352. The number of nitrogens with one attached hydrogen (secondary N) is 1. The molecule has 3 amide bonds. The van der Waals surface area contributed by atoms with Crippen LogP contribution in [0.3, 0.4) is 0 Å². The fourth-order valence-electron chi connectivity index (χ4n) is 4.09. The molecule has 0 aromatic carbocycles. The van der Waals surface area contributed by atoms with Crippen LogP contribution in [0.25, 0.3) is 0 Å². The standard InChI is InChI=1S/C21H39N5O4/c1-16(27)26-15-17(13-18(26)20(29)23-6-5-22)25(19(28)14-21(2,3)4)8-7-24-9-11-30-12-10-24/h17-18H,5-15,22H2,1-4H3,(H,23,29). The lowest BCUT2D eigenvalue weighted by atomic mass is 9.91. The second kappa shape index (κ2) is 11.1. The predicted molar refractivity (Wildman–Crippen MR) is 115 cm³/mol. The van der Waals surface area contributed by atoms with Crippen LogP contribution in [-0.2, 0) is 19.1 Å². The Balaban J connectivity index is 2.13. The molecular weight excluding hydrogens is 386 g/mol. The number of morpholine rings is 1. The van der Waals surface area contributed by atoms with Crippen molar-refractivity contribution in [1.82, 2.24) is 20.0 Å². The second-order valence-corrected chi connectivity index (χ2v) is 9.43. The quantitative estimate of drug-likeness (QED) is 0.550. The van der Waals surface area contributed by atoms with Crippen LogP contribution in [0.5, 0.6) is 0 Å². The number of nitrogens with zero attached hydrogens (tertiary/aromatic N) is 3. The topological polar surface area (TPSA) is 108 Å². The molecule has 2 fully saturated rings. The molecule has 2 atom stereocenters. The van der Waals surface area contributed by atoms with Crippen molar-refractivity contribution in [2.24, 2.45) is 11.1 Å². The van der Waals surface area contributed by atoms with Gasteiger partial charge in [0.25, 0.3) is 0 Å². The normalized spacial score (nSPS) is 22.8. The summed E-state index contributed by atoms with van der Waals surface area (Å²) in [5, 5.41) is 2.79. The number of nitrogens with two attached hydrogens (primary N) is 1. The summed E-state index contributed by atoms with van der Waals surface area (Å²) in [5.74, 6) is -0.274. The van der Waals surface area contributed by atoms with Crippen molar-refractivity contribution in [3.8, 4) is 0 Å². The lowest BCUT2D eigenvalue weighted by Gasteiger charge is -2.34. The van der Waals surface area contributed by atoms with Crippen molar-refractivity contribution in [1.29, 1.82) is 0 Å². The average molecular weight is 426 g/mol. The van der Waals surface area contributed by atoms with Crippen molar-refractivity contribution in [2.75, 3.05) is 59.0 Å². The van der Waals surface area contributed by atoms with E-state index in [-0.39, 0.29) is 29.2 Å². The number of carbonyl (C=O) groups is 3. The summed E-state index contributed by atoms with van der Waals surface area (Å²) in [6, 6.07) is -0.731. The molecule has 0 bridgehead atoms. The molecule has 0 radical (unpaired) electrons. The van der Waals surface area contributed by atoms with E-state index in [9.17, 15) is 14.4 Å². The zero-order valence-electron chi connectivity index (χ0n) is 19.0. The number of likely N-dealkylation sites (tertiary alicyclic amines) is 1. The molecule has 0 aliphatic carbocycles. The van der Waals surface area contributed by atoms with Gasteiger partial charge >= 0.3 is 0 Å². The Morgan fingerprint density at radius 2 is 1.87 bits per heavy atom. The lowest BCUT2D eigenvalue weighted by Crippen LogP contribution is -2.48. The van der Waals surface area contributed by atoms with Crippen molar-refractivity contribution in [2.45, 2.75) is 52.6 Å². The molecule has 0 saturated carbocycles. The molecule has 3 N–H and O–H groups in total. The van der Waals surface area contributed by atoms with E-state index in [2.05, 4.69) is 10.2 Å². The molecule has 2 unspecified atom stereocenters. The van der Waals surface area contributed by atoms with E-state index in [1.165, 1.54) is 6.92 Å². The number of amides is 3. The Bertz CT molecular complexity index is 601. The highest BCUT2D eigenvalue weighted by Gasteiger charge is 2.42. The largest absolute Gasteiger partial charge is 0.379 e. The van der Waals surface area contributed by atoms with Crippen LogP contribution >= 0.6 is 0 Å². The lowest BCUT2D eigenvalue weighted by molar-refractivity contribution is -0.137. The molecule has 2 heterocycles. The van der Waals surface area contributed by atoms with Crippen LogP contribution in [-0.4, -0.2) is 104 Å². The Morgan fingerprint density at radius 1 is 1.20 bits per heavy atom. The van der Waals surface area contributed by atoms with E-state index >= 15 is 0 Å². The molecule has 9 nitrogen and oxygen atoms in total. The van der Waals surface area contributed by atoms with Gasteiger partial charge in [-0.1, -0.05) is 20.8 Å². The van der Waals surface area contributed by atoms with Gasteiger partial charge in [0.15, 0.2) is 0 Å². The van der Waals surface area contributed by atoms with Crippen LogP contribution in [0.15, 0.2) is 0 Å². The first kappa shape index (κ1) is 24.6. The zero-order valence-corrected chi connectivity index (χ0v) is 19.0. The summed E-state index contributed by atoms with van der Waals surface area (Å²) in [7, 11) is 0. The molecule has 0 aromatic heterocycles. The van der Waals surface area contributed by atoms with Crippen LogP contribution in [0.2, 0.25) is 0 Å². The van der Waals surface area contributed by atoms with Gasteiger partial charge in [0, 0.05) is 59.2 Å². The summed E-state index contributed by atoms with van der Waals surface area (Å²) < 4.78 is 5.41. The molecule has 2 rings (SSSR count). The zero-order chi connectivity index (χ0) is 22.3. The first-order chi connectivity index (χ1) is 14.1.